The topological polar surface area (TPSA) is 86.3 Å². The van der Waals surface area contributed by atoms with Crippen LogP contribution in [0, 0.1) is 0 Å². The Morgan fingerprint density at radius 2 is 1.96 bits per heavy atom. The Bertz CT molecular complexity index is 783. The minimum absolute atomic E-state index is 0.00736. The predicted molar refractivity (Wildman–Crippen MR) is 90.1 cm³/mol. The number of likely N-dealkylation sites (tertiary alicyclic amines) is 1. The number of carbonyl (C=O) groups is 1. The van der Waals surface area contributed by atoms with Gasteiger partial charge in [-0.1, -0.05) is 11.6 Å². The van der Waals surface area contributed by atoms with E-state index in [1.54, 1.807) is 17.3 Å². The average Bonchev–Trinajstić information content (AvgIpc) is 2.58. The molecule has 2 aromatic rings. The Hall–Kier alpha value is -2.18. The number of aliphatic hydroxyl groups is 1. The first-order valence-corrected chi connectivity index (χ1v) is 8.13. The lowest BCUT2D eigenvalue weighted by atomic mass is 9.85. The van der Waals surface area contributed by atoms with Gasteiger partial charge < -0.3 is 15.0 Å². The third-order valence-corrected chi connectivity index (χ3v) is 4.67. The van der Waals surface area contributed by atoms with Crippen molar-refractivity contribution >= 4 is 17.5 Å². The number of H-pyrrole nitrogens is 1. The van der Waals surface area contributed by atoms with E-state index in [0.29, 0.717) is 32.4 Å². The number of rotatable bonds is 3. The van der Waals surface area contributed by atoms with Gasteiger partial charge in [-0.05, 0) is 30.5 Å². The molecule has 0 radical (unpaired) electrons. The maximum atomic E-state index is 12.5. The maximum absolute atomic E-state index is 12.5. The molecule has 1 aliphatic heterocycles. The molecule has 0 aromatic carbocycles. The van der Waals surface area contributed by atoms with Crippen LogP contribution in [0.4, 0.5) is 0 Å². The third-order valence-electron chi connectivity index (χ3n) is 4.39. The summed E-state index contributed by atoms with van der Waals surface area (Å²) in [7, 11) is 0. The van der Waals surface area contributed by atoms with E-state index in [0.717, 1.165) is 5.56 Å². The van der Waals surface area contributed by atoms with Gasteiger partial charge in [0.25, 0.3) is 5.91 Å². The van der Waals surface area contributed by atoms with Gasteiger partial charge in [-0.2, -0.15) is 0 Å². The van der Waals surface area contributed by atoms with Crippen LogP contribution in [0.1, 0.15) is 28.8 Å². The van der Waals surface area contributed by atoms with Gasteiger partial charge in [0.1, 0.15) is 10.6 Å². The van der Waals surface area contributed by atoms with E-state index >= 15 is 0 Å². The fourth-order valence-electron chi connectivity index (χ4n) is 2.97. The van der Waals surface area contributed by atoms with Crippen molar-refractivity contribution < 1.29 is 9.90 Å². The summed E-state index contributed by atoms with van der Waals surface area (Å²) in [6, 6.07) is 3.75. The number of aromatic amines is 1. The minimum atomic E-state index is -0.848. The van der Waals surface area contributed by atoms with Crippen LogP contribution in [0.2, 0.25) is 5.02 Å². The number of aromatic nitrogens is 2. The molecule has 1 saturated heterocycles. The van der Waals surface area contributed by atoms with Crippen molar-refractivity contribution in [3.63, 3.8) is 0 Å². The first-order valence-electron chi connectivity index (χ1n) is 7.76. The molecule has 0 spiro atoms. The number of piperidine rings is 1. The first-order chi connectivity index (χ1) is 11.5. The van der Waals surface area contributed by atoms with Crippen LogP contribution < -0.4 is 5.43 Å². The highest BCUT2D eigenvalue weighted by molar-refractivity contribution is 6.30. The van der Waals surface area contributed by atoms with Crippen LogP contribution in [-0.4, -0.2) is 44.6 Å². The van der Waals surface area contributed by atoms with Crippen LogP contribution in [0.15, 0.2) is 41.7 Å². The van der Waals surface area contributed by atoms with Gasteiger partial charge in [0.2, 0.25) is 5.43 Å². The molecule has 2 aromatic heterocycles. The molecule has 24 heavy (non-hydrogen) atoms. The van der Waals surface area contributed by atoms with E-state index in [-0.39, 0.29) is 16.5 Å². The second-order valence-electron chi connectivity index (χ2n) is 6.09. The van der Waals surface area contributed by atoms with Crippen LogP contribution >= 0.6 is 11.6 Å². The largest absolute Gasteiger partial charge is 0.389 e. The van der Waals surface area contributed by atoms with Crippen molar-refractivity contribution in [2.24, 2.45) is 0 Å². The van der Waals surface area contributed by atoms with E-state index in [4.69, 9.17) is 11.6 Å². The molecule has 0 unspecified atom stereocenters. The molecular formula is C17H18ClN3O3. The lowest BCUT2D eigenvalue weighted by molar-refractivity contribution is -0.0162. The molecule has 3 heterocycles. The highest BCUT2D eigenvalue weighted by atomic mass is 35.5. The number of carbonyl (C=O) groups excluding carboxylic acids is 1. The standard InChI is InChI=1S/C17H18ClN3O3/c18-14-11-20-10-13(15(14)22)16(23)21-7-3-17(24,4-8-21)9-12-1-5-19-6-2-12/h1-2,5-6,10-11,24H,3-4,7-9H2,(H,20,22). The van der Waals surface area contributed by atoms with Gasteiger partial charge in [-0.15, -0.1) is 0 Å². The second kappa shape index (κ2) is 6.75. The maximum Gasteiger partial charge on any atom is 0.259 e. The number of hydrogen-bond acceptors (Lipinski definition) is 4. The van der Waals surface area contributed by atoms with E-state index in [9.17, 15) is 14.7 Å². The summed E-state index contributed by atoms with van der Waals surface area (Å²) < 4.78 is 0. The van der Waals surface area contributed by atoms with Crippen molar-refractivity contribution in [3.05, 3.63) is 63.3 Å². The molecular weight excluding hydrogens is 330 g/mol. The average molecular weight is 348 g/mol. The van der Waals surface area contributed by atoms with Crippen LogP contribution in [0.3, 0.4) is 0 Å². The van der Waals surface area contributed by atoms with Crippen LogP contribution in [0.25, 0.3) is 0 Å². The lowest BCUT2D eigenvalue weighted by Crippen LogP contribution is -2.48. The van der Waals surface area contributed by atoms with Gasteiger partial charge >= 0.3 is 0 Å². The first kappa shape index (κ1) is 16.7. The summed E-state index contributed by atoms with van der Waals surface area (Å²) in [5.74, 6) is -0.357. The van der Waals surface area contributed by atoms with Crippen molar-refractivity contribution in [2.45, 2.75) is 24.9 Å². The van der Waals surface area contributed by atoms with Gasteiger partial charge in [0, 0.05) is 44.3 Å². The van der Waals surface area contributed by atoms with Crippen LogP contribution in [0.5, 0.6) is 0 Å². The molecule has 0 aliphatic carbocycles. The van der Waals surface area contributed by atoms with Crippen LogP contribution in [-0.2, 0) is 6.42 Å². The monoisotopic (exact) mass is 347 g/mol. The zero-order valence-electron chi connectivity index (χ0n) is 13.0. The molecule has 6 nitrogen and oxygen atoms in total. The number of halogens is 1. The molecule has 126 valence electrons. The lowest BCUT2D eigenvalue weighted by Gasteiger charge is -2.38. The Balaban J connectivity index is 1.67. The molecule has 7 heteroatoms. The van der Waals surface area contributed by atoms with E-state index in [1.165, 1.54) is 12.4 Å². The zero-order valence-corrected chi connectivity index (χ0v) is 13.8. The Kier molecular flexibility index (Phi) is 4.69. The summed E-state index contributed by atoms with van der Waals surface area (Å²) in [4.78, 5) is 32.7. The molecule has 1 fully saturated rings. The summed E-state index contributed by atoms with van der Waals surface area (Å²) in [6.07, 6.45) is 7.55. The second-order valence-corrected chi connectivity index (χ2v) is 6.50. The quantitative estimate of drug-likeness (QED) is 0.883. The molecule has 0 atom stereocenters. The number of nitrogens with zero attached hydrogens (tertiary/aromatic N) is 2. The Morgan fingerprint density at radius 1 is 1.29 bits per heavy atom. The molecule has 2 N–H and O–H groups in total. The number of amides is 1. The van der Waals surface area contributed by atoms with Gasteiger partial charge in [0.05, 0.1) is 5.60 Å². The summed E-state index contributed by atoms with van der Waals surface area (Å²) >= 11 is 5.77. The Labute approximate surface area is 144 Å². The fourth-order valence-corrected chi connectivity index (χ4v) is 3.14. The highest BCUT2D eigenvalue weighted by Crippen LogP contribution is 2.26. The summed E-state index contributed by atoms with van der Waals surface area (Å²) in [6.45, 7) is 0.790. The smallest absolute Gasteiger partial charge is 0.259 e. The summed E-state index contributed by atoms with van der Waals surface area (Å²) in [5.41, 5.74) is -0.280. The molecule has 1 aliphatic rings. The van der Waals surface area contributed by atoms with E-state index < -0.39 is 11.0 Å². The summed E-state index contributed by atoms with van der Waals surface area (Å²) in [5, 5.41) is 10.7. The fraction of sp³-hybridized carbons (Fsp3) is 0.353. The van der Waals surface area contributed by atoms with E-state index in [2.05, 4.69) is 9.97 Å². The predicted octanol–water partition coefficient (Wildman–Crippen LogP) is 1.63. The molecule has 1 amide bonds. The molecule has 3 rings (SSSR count). The molecule has 0 saturated carbocycles. The van der Waals surface area contributed by atoms with Crippen molar-refractivity contribution in [2.75, 3.05) is 13.1 Å². The van der Waals surface area contributed by atoms with Crippen molar-refractivity contribution in [1.82, 2.24) is 14.9 Å². The highest BCUT2D eigenvalue weighted by Gasteiger charge is 2.34. The van der Waals surface area contributed by atoms with E-state index in [1.807, 2.05) is 12.1 Å². The van der Waals surface area contributed by atoms with Crippen molar-refractivity contribution in [3.8, 4) is 0 Å². The normalized spacial score (nSPS) is 16.8. The van der Waals surface area contributed by atoms with Gasteiger partial charge in [-0.25, -0.2) is 0 Å². The molecule has 0 bridgehead atoms. The third kappa shape index (κ3) is 3.49. The number of hydrogen-bond donors (Lipinski definition) is 2. The number of pyridine rings is 2. The SMILES string of the molecule is O=C(c1c[nH]cc(Cl)c1=O)N1CCC(O)(Cc2ccncc2)CC1. The minimum Gasteiger partial charge on any atom is -0.389 e. The number of nitrogens with one attached hydrogen (secondary N) is 1. The Morgan fingerprint density at radius 3 is 2.62 bits per heavy atom. The van der Waals surface area contributed by atoms with Gasteiger partial charge in [-0.3, -0.25) is 14.6 Å². The van der Waals surface area contributed by atoms with Gasteiger partial charge in [0.15, 0.2) is 0 Å². The zero-order chi connectivity index (χ0) is 17.2. The van der Waals surface area contributed by atoms with Crippen molar-refractivity contribution in [1.29, 1.82) is 0 Å².